The van der Waals surface area contributed by atoms with Gasteiger partial charge in [-0.1, -0.05) is 54.3 Å². The van der Waals surface area contributed by atoms with Crippen molar-refractivity contribution in [1.29, 1.82) is 0 Å². The van der Waals surface area contributed by atoms with Crippen LogP contribution < -0.4 is 5.32 Å². The molecule has 3 rings (SSSR count). The molecule has 1 N–H and O–H groups in total. The van der Waals surface area contributed by atoms with Crippen molar-refractivity contribution in [3.05, 3.63) is 70.8 Å². The zero-order valence-electron chi connectivity index (χ0n) is 12.1. The van der Waals surface area contributed by atoms with Crippen LogP contribution in [-0.4, -0.2) is 13.1 Å². The summed E-state index contributed by atoms with van der Waals surface area (Å²) in [6, 6.07) is 17.0. The molecule has 0 aromatic heterocycles. The van der Waals surface area contributed by atoms with Gasteiger partial charge in [-0.3, -0.25) is 0 Å². The molecule has 2 aromatic rings. The summed E-state index contributed by atoms with van der Waals surface area (Å²) in [5, 5.41) is 3.46. The lowest BCUT2D eigenvalue weighted by Gasteiger charge is -2.07. The Bertz CT molecular complexity index is 638. The lowest BCUT2D eigenvalue weighted by molar-refractivity contribution is 0.711. The van der Waals surface area contributed by atoms with E-state index in [4.69, 9.17) is 0 Å². The van der Waals surface area contributed by atoms with Gasteiger partial charge in [-0.25, -0.2) is 0 Å². The Kier molecular flexibility index (Phi) is 5.87. The minimum atomic E-state index is 0. The van der Waals surface area contributed by atoms with Crippen LogP contribution in [-0.2, 0) is 19.3 Å². The molecule has 0 radical (unpaired) electrons. The van der Waals surface area contributed by atoms with Gasteiger partial charge < -0.3 is 5.32 Å². The Hall–Kier alpha value is -1.75. The third kappa shape index (κ3) is 4.11. The van der Waals surface area contributed by atoms with Gasteiger partial charge in [0.25, 0.3) is 0 Å². The first-order chi connectivity index (χ1) is 9.93. The van der Waals surface area contributed by atoms with E-state index in [1.54, 1.807) is 0 Å². The fraction of sp³-hybridized carbons (Fsp3) is 0.263. The smallest absolute Gasteiger partial charge is 0.0344 e. The van der Waals surface area contributed by atoms with Gasteiger partial charge in [-0.05, 0) is 48.7 Å². The maximum absolute atomic E-state index is 3.46. The van der Waals surface area contributed by atoms with Crippen LogP contribution in [0.5, 0.6) is 0 Å². The molecular formula is C19H20ClN. The van der Waals surface area contributed by atoms with Crippen molar-refractivity contribution in [2.24, 2.45) is 0 Å². The van der Waals surface area contributed by atoms with Crippen molar-refractivity contribution < 1.29 is 0 Å². The molecule has 0 bridgehead atoms. The highest BCUT2D eigenvalue weighted by Gasteiger charge is 2.09. The van der Waals surface area contributed by atoms with Crippen LogP contribution in [0.15, 0.2) is 48.5 Å². The van der Waals surface area contributed by atoms with Gasteiger partial charge in [0.2, 0.25) is 0 Å². The van der Waals surface area contributed by atoms with Crippen molar-refractivity contribution in [1.82, 2.24) is 5.32 Å². The molecule has 0 aliphatic carbocycles. The lowest BCUT2D eigenvalue weighted by atomic mass is 9.97. The highest BCUT2D eigenvalue weighted by atomic mass is 35.5. The SMILES string of the molecule is C(#Cc1cccc2c1CCNCC2)Cc1ccccc1.Cl. The predicted molar refractivity (Wildman–Crippen MR) is 91.0 cm³/mol. The first-order valence-electron chi connectivity index (χ1n) is 7.28. The lowest BCUT2D eigenvalue weighted by Crippen LogP contribution is -2.16. The average Bonchev–Trinajstić information content (AvgIpc) is 2.74. The summed E-state index contributed by atoms with van der Waals surface area (Å²) >= 11 is 0. The van der Waals surface area contributed by atoms with Crippen LogP contribution in [0.2, 0.25) is 0 Å². The van der Waals surface area contributed by atoms with Crippen molar-refractivity contribution in [3.8, 4) is 11.8 Å². The summed E-state index contributed by atoms with van der Waals surface area (Å²) in [5.41, 5.74) is 5.39. The topological polar surface area (TPSA) is 12.0 Å². The summed E-state index contributed by atoms with van der Waals surface area (Å²) < 4.78 is 0. The number of nitrogens with one attached hydrogen (secondary N) is 1. The monoisotopic (exact) mass is 297 g/mol. The van der Waals surface area contributed by atoms with Crippen molar-refractivity contribution in [2.45, 2.75) is 19.3 Å². The summed E-state index contributed by atoms with van der Waals surface area (Å²) in [6.07, 6.45) is 3.03. The van der Waals surface area contributed by atoms with E-state index in [2.05, 4.69) is 59.6 Å². The number of benzene rings is 2. The van der Waals surface area contributed by atoms with Gasteiger partial charge in [0.1, 0.15) is 0 Å². The van der Waals surface area contributed by atoms with Gasteiger partial charge in [0.05, 0.1) is 0 Å². The van der Waals surface area contributed by atoms with Crippen LogP contribution >= 0.6 is 12.4 Å². The zero-order chi connectivity index (χ0) is 13.6. The molecule has 1 aliphatic heterocycles. The van der Waals surface area contributed by atoms with Crippen molar-refractivity contribution in [3.63, 3.8) is 0 Å². The molecule has 0 saturated heterocycles. The molecule has 2 heteroatoms. The molecule has 1 heterocycles. The summed E-state index contributed by atoms with van der Waals surface area (Å²) in [6.45, 7) is 2.14. The Balaban J connectivity index is 0.00000161. The standard InChI is InChI=1S/C19H19N.ClH/c1-2-6-16(7-3-1)8-4-9-17-10-5-11-18-12-14-20-15-13-19(17)18;/h1-3,5-7,10-11,20H,8,12-15H2;1H. The molecular weight excluding hydrogens is 278 g/mol. The molecule has 0 spiro atoms. The van der Waals surface area contributed by atoms with Crippen LogP contribution in [0.1, 0.15) is 22.3 Å². The first-order valence-corrected chi connectivity index (χ1v) is 7.28. The second kappa shape index (κ2) is 7.88. The Labute approximate surface area is 133 Å². The third-order valence-corrected chi connectivity index (χ3v) is 3.75. The maximum atomic E-state index is 3.46. The van der Waals surface area contributed by atoms with E-state index in [9.17, 15) is 0 Å². The maximum Gasteiger partial charge on any atom is 0.0344 e. The Morgan fingerprint density at radius 2 is 1.71 bits per heavy atom. The third-order valence-electron chi connectivity index (χ3n) is 3.75. The van der Waals surface area contributed by atoms with Gasteiger partial charge in [0, 0.05) is 12.0 Å². The van der Waals surface area contributed by atoms with Gasteiger partial charge >= 0.3 is 0 Å². The molecule has 2 aromatic carbocycles. The molecule has 0 fully saturated rings. The summed E-state index contributed by atoms with van der Waals surface area (Å²) in [4.78, 5) is 0. The molecule has 0 saturated carbocycles. The molecule has 0 atom stereocenters. The molecule has 1 nitrogen and oxygen atoms in total. The number of fused-ring (bicyclic) bond motifs is 1. The highest BCUT2D eigenvalue weighted by molar-refractivity contribution is 5.85. The van der Waals surface area contributed by atoms with Crippen LogP contribution in [0.4, 0.5) is 0 Å². The van der Waals surface area contributed by atoms with Gasteiger partial charge in [0.15, 0.2) is 0 Å². The zero-order valence-corrected chi connectivity index (χ0v) is 12.9. The normalized spacial score (nSPS) is 13.1. The Morgan fingerprint density at radius 3 is 2.57 bits per heavy atom. The molecule has 108 valence electrons. The van der Waals surface area contributed by atoms with Gasteiger partial charge in [-0.15, -0.1) is 12.4 Å². The van der Waals surface area contributed by atoms with E-state index in [1.807, 2.05) is 6.07 Å². The van der Waals surface area contributed by atoms with E-state index in [-0.39, 0.29) is 12.4 Å². The van der Waals surface area contributed by atoms with Crippen LogP contribution in [0.3, 0.4) is 0 Å². The van der Waals surface area contributed by atoms with Crippen molar-refractivity contribution in [2.75, 3.05) is 13.1 Å². The van der Waals surface area contributed by atoms with Crippen molar-refractivity contribution >= 4 is 12.4 Å². The second-order valence-corrected chi connectivity index (χ2v) is 5.16. The number of hydrogen-bond acceptors (Lipinski definition) is 1. The van der Waals surface area contributed by atoms with E-state index in [1.165, 1.54) is 22.3 Å². The minimum Gasteiger partial charge on any atom is -0.316 e. The molecule has 21 heavy (non-hydrogen) atoms. The van der Waals surface area contributed by atoms with Gasteiger partial charge in [-0.2, -0.15) is 0 Å². The van der Waals surface area contributed by atoms with E-state index >= 15 is 0 Å². The Morgan fingerprint density at radius 1 is 0.905 bits per heavy atom. The fourth-order valence-electron chi connectivity index (χ4n) is 2.68. The highest BCUT2D eigenvalue weighted by Crippen LogP contribution is 2.17. The summed E-state index contributed by atoms with van der Waals surface area (Å²) in [5.74, 6) is 6.69. The number of hydrogen-bond donors (Lipinski definition) is 1. The predicted octanol–water partition coefficient (Wildman–Crippen LogP) is 3.39. The number of rotatable bonds is 1. The second-order valence-electron chi connectivity index (χ2n) is 5.16. The molecule has 0 unspecified atom stereocenters. The van der Waals surface area contributed by atoms with Crippen LogP contribution in [0.25, 0.3) is 0 Å². The van der Waals surface area contributed by atoms with E-state index in [0.717, 1.165) is 32.4 Å². The molecule has 1 aliphatic rings. The first kappa shape index (κ1) is 15.6. The average molecular weight is 298 g/mol. The van der Waals surface area contributed by atoms with E-state index in [0.29, 0.717) is 0 Å². The van der Waals surface area contributed by atoms with Crippen LogP contribution in [0, 0.1) is 11.8 Å². The minimum absolute atomic E-state index is 0. The molecule has 0 amide bonds. The quantitative estimate of drug-likeness (QED) is 0.796. The van der Waals surface area contributed by atoms with E-state index < -0.39 is 0 Å². The fourth-order valence-corrected chi connectivity index (χ4v) is 2.68. The number of halogens is 1. The largest absolute Gasteiger partial charge is 0.316 e. The summed E-state index contributed by atoms with van der Waals surface area (Å²) in [7, 11) is 0.